The minimum Gasteiger partial charge on any atom is -0.446 e. The van der Waals surface area contributed by atoms with E-state index in [1.165, 1.54) is 33.3 Å². The molecule has 206 valence electrons. The normalized spacial score (nSPS) is 18.2. The minimum atomic E-state index is -1.66. The summed E-state index contributed by atoms with van der Waals surface area (Å²) in [5.41, 5.74) is 1.50. The van der Waals surface area contributed by atoms with Gasteiger partial charge in [0.2, 0.25) is 0 Å². The molecule has 2 amide bonds. The molecule has 4 N–H and O–H groups in total. The molecule has 0 bridgehead atoms. The summed E-state index contributed by atoms with van der Waals surface area (Å²) in [4.78, 5) is 29.1. The highest BCUT2D eigenvalue weighted by Gasteiger charge is 2.28. The summed E-state index contributed by atoms with van der Waals surface area (Å²) in [6.45, 7) is 2.32. The van der Waals surface area contributed by atoms with Crippen LogP contribution < -0.4 is 16.0 Å². The van der Waals surface area contributed by atoms with Crippen molar-refractivity contribution in [2.75, 3.05) is 18.9 Å². The number of rotatable bonds is 8. The van der Waals surface area contributed by atoms with Crippen molar-refractivity contribution in [2.45, 2.75) is 63.4 Å². The molecule has 0 aromatic carbocycles. The van der Waals surface area contributed by atoms with Crippen molar-refractivity contribution in [3.63, 3.8) is 0 Å². The van der Waals surface area contributed by atoms with Crippen LogP contribution in [0.2, 0.25) is 0 Å². The predicted molar refractivity (Wildman–Crippen MR) is 142 cm³/mol. The molecule has 1 aliphatic carbocycles. The minimum absolute atomic E-state index is 0.00186. The number of hydrogen-bond donors (Lipinski definition) is 4. The number of ether oxygens (including phenoxy) is 1. The van der Waals surface area contributed by atoms with Crippen molar-refractivity contribution in [3.05, 3.63) is 47.8 Å². The number of aromatic nitrogens is 3. The molecular formula is C27H32FN7O4. The topological polar surface area (TPSA) is 154 Å². The van der Waals surface area contributed by atoms with Crippen molar-refractivity contribution in [2.24, 2.45) is 0 Å². The van der Waals surface area contributed by atoms with Crippen molar-refractivity contribution < 1.29 is 23.8 Å². The van der Waals surface area contributed by atoms with E-state index in [2.05, 4.69) is 32.1 Å². The predicted octanol–water partition coefficient (Wildman–Crippen LogP) is 3.19. The van der Waals surface area contributed by atoms with Gasteiger partial charge < -0.3 is 25.8 Å². The van der Waals surface area contributed by atoms with Crippen LogP contribution in [0.4, 0.5) is 14.9 Å². The highest BCUT2D eigenvalue weighted by Crippen LogP contribution is 2.29. The van der Waals surface area contributed by atoms with Gasteiger partial charge in [0, 0.05) is 19.3 Å². The summed E-state index contributed by atoms with van der Waals surface area (Å²) >= 11 is 0. The lowest BCUT2D eigenvalue weighted by Crippen LogP contribution is -2.42. The lowest BCUT2D eigenvalue weighted by molar-refractivity contribution is -0.00178. The first kappa shape index (κ1) is 27.8. The van der Waals surface area contributed by atoms with E-state index in [1.54, 1.807) is 16.6 Å². The molecule has 0 aliphatic heterocycles. The molecule has 39 heavy (non-hydrogen) atoms. The molecular weight excluding hydrogens is 505 g/mol. The molecule has 1 fully saturated rings. The number of pyridine rings is 1. The van der Waals surface area contributed by atoms with Gasteiger partial charge in [0.15, 0.2) is 0 Å². The number of halogens is 1. The van der Waals surface area contributed by atoms with Crippen molar-refractivity contribution in [3.8, 4) is 17.5 Å². The van der Waals surface area contributed by atoms with Crippen LogP contribution in [0.1, 0.15) is 55.5 Å². The first-order chi connectivity index (χ1) is 18.6. The van der Waals surface area contributed by atoms with Crippen LogP contribution in [0.15, 0.2) is 36.7 Å². The van der Waals surface area contributed by atoms with Gasteiger partial charge in [-0.2, -0.15) is 10.4 Å². The average Bonchev–Trinajstić information content (AvgIpc) is 3.35. The van der Waals surface area contributed by atoms with Crippen LogP contribution in [0.5, 0.6) is 0 Å². The lowest BCUT2D eigenvalue weighted by atomic mass is 9.92. The van der Waals surface area contributed by atoms with E-state index < -0.39 is 23.8 Å². The van der Waals surface area contributed by atoms with Crippen LogP contribution >= 0.6 is 0 Å². The van der Waals surface area contributed by atoms with E-state index in [0.29, 0.717) is 48.3 Å². The van der Waals surface area contributed by atoms with Gasteiger partial charge >= 0.3 is 6.09 Å². The fourth-order valence-electron chi connectivity index (χ4n) is 4.43. The molecule has 3 aromatic rings. The van der Waals surface area contributed by atoms with Crippen molar-refractivity contribution in [1.29, 1.82) is 5.26 Å². The number of hydrogen-bond acceptors (Lipinski definition) is 8. The summed E-state index contributed by atoms with van der Waals surface area (Å²) in [6.07, 6.45) is 3.33. The number of nitrogens with one attached hydrogen (secondary N) is 3. The molecule has 3 aromatic heterocycles. The summed E-state index contributed by atoms with van der Waals surface area (Å²) in [6, 6.07) is 9.18. The number of carbonyl (C=O) groups is 2. The Bertz CT molecular complexity index is 1390. The number of nitrogens with zero attached hydrogens (tertiary/aromatic N) is 4. The Morgan fingerprint density at radius 1 is 1.26 bits per heavy atom. The molecule has 1 atom stereocenters. The van der Waals surface area contributed by atoms with Crippen LogP contribution in [-0.4, -0.2) is 69.2 Å². The third-order valence-electron chi connectivity index (χ3n) is 6.76. The lowest BCUT2D eigenvalue weighted by Gasteiger charge is -2.30. The second-order valence-corrected chi connectivity index (χ2v) is 10.1. The third kappa shape index (κ3) is 6.61. The zero-order chi connectivity index (χ0) is 28.2. The SMILES string of the molecule is CNC(=O)OC1CCC(Nc2cc(-c3ccc4cc(C#N)cnn34)ncc2C(=O)NCC(F)C(C)(C)O)CC1. The summed E-state index contributed by atoms with van der Waals surface area (Å²) in [5, 5.41) is 31.8. The van der Waals surface area contributed by atoms with E-state index in [4.69, 9.17) is 10.00 Å². The van der Waals surface area contributed by atoms with Crippen molar-refractivity contribution >= 4 is 23.2 Å². The van der Waals surface area contributed by atoms with E-state index in [1.807, 2.05) is 12.1 Å². The van der Waals surface area contributed by atoms with Crippen LogP contribution in [0, 0.1) is 11.3 Å². The van der Waals surface area contributed by atoms with Crippen LogP contribution in [0.3, 0.4) is 0 Å². The van der Waals surface area contributed by atoms with Gasteiger partial charge in [-0.25, -0.2) is 13.7 Å². The molecule has 0 saturated heterocycles. The largest absolute Gasteiger partial charge is 0.446 e. The van der Waals surface area contributed by atoms with Gasteiger partial charge in [-0.3, -0.25) is 9.78 Å². The number of anilines is 1. The maximum Gasteiger partial charge on any atom is 0.407 e. The van der Waals surface area contributed by atoms with Gasteiger partial charge in [0.1, 0.15) is 18.3 Å². The highest BCUT2D eigenvalue weighted by molar-refractivity contribution is 6.00. The average molecular weight is 538 g/mol. The Kier molecular flexibility index (Phi) is 8.30. The molecule has 0 spiro atoms. The first-order valence-corrected chi connectivity index (χ1v) is 12.8. The fourth-order valence-corrected chi connectivity index (χ4v) is 4.43. The number of amides is 2. The number of nitriles is 1. The Labute approximate surface area is 225 Å². The summed E-state index contributed by atoms with van der Waals surface area (Å²) < 4.78 is 21.3. The maximum absolute atomic E-state index is 14.3. The monoisotopic (exact) mass is 537 g/mol. The second kappa shape index (κ2) is 11.7. The third-order valence-corrected chi connectivity index (χ3v) is 6.76. The number of aliphatic hydroxyl groups is 1. The number of alkyl carbamates (subject to hydrolysis) is 1. The van der Waals surface area contributed by atoms with E-state index >= 15 is 0 Å². The summed E-state index contributed by atoms with van der Waals surface area (Å²) in [5.74, 6) is -0.531. The number of alkyl halides is 1. The zero-order valence-corrected chi connectivity index (χ0v) is 22.1. The van der Waals surface area contributed by atoms with Crippen molar-refractivity contribution in [1.82, 2.24) is 25.2 Å². The number of carbonyl (C=O) groups excluding carboxylic acids is 2. The highest BCUT2D eigenvalue weighted by atomic mass is 19.1. The van der Waals surface area contributed by atoms with E-state index in [9.17, 15) is 19.1 Å². The smallest absolute Gasteiger partial charge is 0.407 e. The van der Waals surface area contributed by atoms with Gasteiger partial charge in [-0.1, -0.05) is 0 Å². The standard InChI is InChI=1S/C27H32FN7O4/c1-27(2,38)24(28)15-32-25(36)20-14-31-22(23-9-6-18-10-16(12-29)13-33-35(18)23)11-21(20)34-17-4-7-19(8-5-17)39-26(37)30-3/h6,9-11,13-14,17,19,24,38H,4-5,7-8,15H2,1-3H3,(H,30,37)(H,31,34)(H,32,36). The molecule has 1 saturated carbocycles. The summed E-state index contributed by atoms with van der Waals surface area (Å²) in [7, 11) is 1.52. The Morgan fingerprint density at radius 3 is 2.67 bits per heavy atom. The molecule has 1 aliphatic rings. The quantitative estimate of drug-likeness (QED) is 0.342. The molecule has 3 heterocycles. The molecule has 4 rings (SSSR count). The Hall–Kier alpha value is -4.24. The molecule has 12 heteroatoms. The maximum atomic E-state index is 14.3. The molecule has 1 unspecified atom stereocenters. The molecule has 11 nitrogen and oxygen atoms in total. The van der Waals surface area contributed by atoms with Gasteiger partial charge in [-0.15, -0.1) is 0 Å². The fraction of sp³-hybridized carbons (Fsp3) is 0.444. The zero-order valence-electron chi connectivity index (χ0n) is 22.1. The molecule has 0 radical (unpaired) electrons. The van der Waals surface area contributed by atoms with Gasteiger partial charge in [0.25, 0.3) is 5.91 Å². The van der Waals surface area contributed by atoms with E-state index in [0.717, 1.165) is 5.52 Å². The van der Waals surface area contributed by atoms with Crippen LogP contribution in [-0.2, 0) is 4.74 Å². The first-order valence-electron chi connectivity index (χ1n) is 12.8. The van der Waals surface area contributed by atoms with Gasteiger partial charge in [-0.05, 0) is 63.8 Å². The van der Waals surface area contributed by atoms with E-state index in [-0.39, 0.29) is 24.3 Å². The second-order valence-electron chi connectivity index (χ2n) is 10.1. The van der Waals surface area contributed by atoms with Crippen LogP contribution in [0.25, 0.3) is 16.9 Å². The van der Waals surface area contributed by atoms with Gasteiger partial charge in [0.05, 0.1) is 52.1 Å². The Morgan fingerprint density at radius 2 is 2.00 bits per heavy atom. The Balaban J connectivity index is 1.59. The number of fused-ring (bicyclic) bond motifs is 1.